The molecule has 4 rings (SSSR count). The molecule has 0 heterocycles. The van der Waals surface area contributed by atoms with Crippen LogP contribution in [0.3, 0.4) is 0 Å². The molecule has 3 saturated carbocycles. The summed E-state index contributed by atoms with van der Waals surface area (Å²) in [5, 5.41) is 24.0. The van der Waals surface area contributed by atoms with Crippen LogP contribution in [0.15, 0.2) is 16.8 Å². The second-order valence-corrected chi connectivity index (χ2v) is 10.2. The molecular weight excluding hydrogens is 370 g/mol. The van der Waals surface area contributed by atoms with Crippen molar-refractivity contribution >= 4 is 17.5 Å². The summed E-state index contributed by atoms with van der Waals surface area (Å²) < 4.78 is 0. The lowest BCUT2D eigenvalue weighted by Gasteiger charge is -2.59. The predicted molar refractivity (Wildman–Crippen MR) is 108 cm³/mol. The molecule has 3 fully saturated rings. The number of allylic oxidation sites excluding steroid dienone is 2. The van der Waals surface area contributed by atoms with Gasteiger partial charge in [-0.3, -0.25) is 4.79 Å². The van der Waals surface area contributed by atoms with Gasteiger partial charge in [0.15, 0.2) is 5.78 Å². The molecule has 2 N–H and O–H groups in total. The van der Waals surface area contributed by atoms with Gasteiger partial charge in [0.2, 0.25) is 6.61 Å². The van der Waals surface area contributed by atoms with Crippen molar-refractivity contribution in [2.75, 3.05) is 6.61 Å². The van der Waals surface area contributed by atoms with Crippen molar-refractivity contribution in [3.05, 3.63) is 11.6 Å². The highest BCUT2D eigenvalue weighted by molar-refractivity contribution is 5.96. The molecule has 0 radical (unpaired) electrons. The number of oxime groups is 1. The van der Waals surface area contributed by atoms with Crippen molar-refractivity contribution in [3.8, 4) is 0 Å². The third-order valence-corrected chi connectivity index (χ3v) is 9.08. The minimum Gasteiger partial charge on any atom is -0.479 e. The third-order valence-electron chi connectivity index (χ3n) is 9.08. The van der Waals surface area contributed by atoms with E-state index in [2.05, 4.69) is 25.1 Å². The summed E-state index contributed by atoms with van der Waals surface area (Å²) in [6.07, 6.45) is 9.50. The van der Waals surface area contributed by atoms with Crippen molar-refractivity contribution in [1.29, 1.82) is 0 Å². The molecule has 0 amide bonds. The zero-order valence-electron chi connectivity index (χ0n) is 17.7. The SMILES string of the molecule is CC(=O)[C@@]1(O)CC[C@H]2[C@H]3CCC4=CC(=NOCC(=O)O)CC[C@]4(C)[C@H]3CC[C@@]21C. The molecular formula is C23H33NO5. The highest BCUT2D eigenvalue weighted by Gasteiger charge is 2.65. The highest BCUT2D eigenvalue weighted by atomic mass is 16.6. The van der Waals surface area contributed by atoms with Crippen molar-refractivity contribution in [1.82, 2.24) is 0 Å². The van der Waals surface area contributed by atoms with E-state index >= 15 is 0 Å². The van der Waals surface area contributed by atoms with Crippen molar-refractivity contribution in [2.24, 2.45) is 33.7 Å². The van der Waals surface area contributed by atoms with Gasteiger partial charge in [-0.25, -0.2) is 4.79 Å². The van der Waals surface area contributed by atoms with E-state index in [1.165, 1.54) is 5.57 Å². The number of carbonyl (C=O) groups is 2. The molecule has 0 aliphatic heterocycles. The van der Waals surface area contributed by atoms with E-state index < -0.39 is 18.2 Å². The number of carboxylic acids is 1. The smallest absolute Gasteiger partial charge is 0.344 e. The van der Waals surface area contributed by atoms with Gasteiger partial charge in [0.1, 0.15) is 5.60 Å². The fourth-order valence-corrected chi connectivity index (χ4v) is 7.41. The predicted octanol–water partition coefficient (Wildman–Crippen LogP) is 3.73. The van der Waals surface area contributed by atoms with Gasteiger partial charge in [-0.15, -0.1) is 0 Å². The number of aliphatic hydroxyl groups is 1. The van der Waals surface area contributed by atoms with Gasteiger partial charge < -0.3 is 15.1 Å². The van der Waals surface area contributed by atoms with Crippen LogP contribution in [-0.4, -0.2) is 39.9 Å². The summed E-state index contributed by atoms with van der Waals surface area (Å²) in [7, 11) is 0. The Morgan fingerprint density at radius 1 is 1.14 bits per heavy atom. The van der Waals surface area contributed by atoms with Crippen LogP contribution in [0.4, 0.5) is 0 Å². The standard InChI is InChI=1S/C23H33NO5/c1-14(25)23(28)11-8-19-17-5-4-15-12-16(24-29-13-20(26)27)6-9-21(15,2)18(17)7-10-22(19,23)3/h12,17-19,28H,4-11,13H2,1-3H3,(H,26,27)/t17-,18-,19-,21-,22-,23-/m0/s1. The summed E-state index contributed by atoms with van der Waals surface area (Å²) >= 11 is 0. The van der Waals surface area contributed by atoms with Gasteiger partial charge in [0.05, 0.1) is 5.71 Å². The van der Waals surface area contributed by atoms with Crippen LogP contribution in [0.1, 0.15) is 72.1 Å². The third kappa shape index (κ3) is 2.97. The zero-order valence-corrected chi connectivity index (χ0v) is 17.7. The summed E-state index contributed by atoms with van der Waals surface area (Å²) in [6, 6.07) is 0. The maximum absolute atomic E-state index is 12.3. The molecule has 4 aliphatic carbocycles. The van der Waals surface area contributed by atoms with E-state index in [1.54, 1.807) is 6.92 Å². The van der Waals surface area contributed by atoms with Gasteiger partial charge in [-0.1, -0.05) is 24.6 Å². The molecule has 4 aliphatic rings. The fourth-order valence-electron chi connectivity index (χ4n) is 7.41. The van der Waals surface area contributed by atoms with Gasteiger partial charge in [0.25, 0.3) is 0 Å². The van der Waals surface area contributed by atoms with Gasteiger partial charge in [0, 0.05) is 5.41 Å². The Hall–Kier alpha value is -1.69. The average molecular weight is 404 g/mol. The van der Waals surface area contributed by atoms with Gasteiger partial charge in [-0.05, 0) is 87.5 Å². The van der Waals surface area contributed by atoms with E-state index in [9.17, 15) is 14.7 Å². The molecule has 160 valence electrons. The number of hydrogen-bond acceptors (Lipinski definition) is 5. The maximum Gasteiger partial charge on any atom is 0.344 e. The quantitative estimate of drug-likeness (QED) is 0.697. The first-order valence-corrected chi connectivity index (χ1v) is 11.0. The molecule has 29 heavy (non-hydrogen) atoms. The summed E-state index contributed by atoms with van der Waals surface area (Å²) in [5.41, 5.74) is 0.903. The molecule has 0 saturated heterocycles. The van der Waals surface area contributed by atoms with Crippen LogP contribution in [0.25, 0.3) is 0 Å². The van der Waals surface area contributed by atoms with Crippen LogP contribution in [-0.2, 0) is 14.4 Å². The Kier molecular flexibility index (Phi) is 4.92. The Balaban J connectivity index is 1.57. The molecule has 0 unspecified atom stereocenters. The number of Topliss-reactive ketones (excluding diaryl/α,β-unsaturated/α-hetero) is 1. The van der Waals surface area contributed by atoms with E-state index in [-0.39, 0.29) is 16.6 Å². The topological polar surface area (TPSA) is 96.2 Å². The summed E-state index contributed by atoms with van der Waals surface area (Å²) in [5.74, 6) is 0.434. The Morgan fingerprint density at radius 2 is 1.86 bits per heavy atom. The Morgan fingerprint density at radius 3 is 2.55 bits per heavy atom. The minimum absolute atomic E-state index is 0.0663. The zero-order chi connectivity index (χ0) is 21.0. The molecule has 0 aromatic carbocycles. The first-order valence-electron chi connectivity index (χ1n) is 11.0. The molecule has 0 spiro atoms. The molecule has 0 bridgehead atoms. The van der Waals surface area contributed by atoms with Crippen molar-refractivity contribution < 1.29 is 24.6 Å². The number of hydrogen-bond donors (Lipinski definition) is 2. The van der Waals surface area contributed by atoms with Crippen LogP contribution < -0.4 is 0 Å². The molecule has 6 nitrogen and oxygen atoms in total. The first-order chi connectivity index (χ1) is 13.6. The molecule has 0 aromatic heterocycles. The molecule has 6 heteroatoms. The highest BCUT2D eigenvalue weighted by Crippen LogP contribution is 2.67. The van der Waals surface area contributed by atoms with E-state index in [0.29, 0.717) is 24.2 Å². The van der Waals surface area contributed by atoms with Crippen molar-refractivity contribution in [2.45, 2.75) is 77.7 Å². The second kappa shape index (κ2) is 6.93. The number of ketones is 1. The molecule has 0 aromatic rings. The van der Waals surface area contributed by atoms with Gasteiger partial charge >= 0.3 is 5.97 Å². The number of fused-ring (bicyclic) bond motifs is 5. The van der Waals surface area contributed by atoms with E-state index in [4.69, 9.17) is 9.94 Å². The summed E-state index contributed by atoms with van der Waals surface area (Å²) in [4.78, 5) is 27.9. The number of aliphatic carboxylic acids is 1. The van der Waals surface area contributed by atoms with Crippen LogP contribution in [0.5, 0.6) is 0 Å². The molecule has 6 atom stereocenters. The monoisotopic (exact) mass is 403 g/mol. The lowest BCUT2D eigenvalue weighted by Crippen LogP contribution is -2.57. The fraction of sp³-hybridized carbons (Fsp3) is 0.783. The minimum atomic E-state index is -1.16. The lowest BCUT2D eigenvalue weighted by molar-refractivity contribution is -0.159. The van der Waals surface area contributed by atoms with Gasteiger partial charge in [-0.2, -0.15) is 0 Å². The Labute approximate surface area is 172 Å². The normalized spacial score (nSPS) is 45.0. The first kappa shape index (κ1) is 20.6. The van der Waals surface area contributed by atoms with E-state index in [0.717, 1.165) is 50.7 Å². The van der Waals surface area contributed by atoms with Crippen LogP contribution in [0, 0.1) is 28.6 Å². The number of carboxylic acid groups (broad SMARTS) is 1. The van der Waals surface area contributed by atoms with E-state index in [1.807, 2.05) is 0 Å². The lowest BCUT2D eigenvalue weighted by atomic mass is 9.46. The number of nitrogens with zero attached hydrogens (tertiary/aromatic N) is 1. The Bertz CT molecular complexity index is 788. The van der Waals surface area contributed by atoms with Crippen LogP contribution >= 0.6 is 0 Å². The summed E-state index contributed by atoms with van der Waals surface area (Å²) in [6.45, 7) is 5.67. The maximum atomic E-state index is 12.3. The average Bonchev–Trinajstić information content (AvgIpc) is 2.94. The largest absolute Gasteiger partial charge is 0.479 e. The number of carbonyl (C=O) groups excluding carboxylic acids is 1. The second-order valence-electron chi connectivity index (χ2n) is 10.2. The number of rotatable bonds is 4. The van der Waals surface area contributed by atoms with Crippen molar-refractivity contribution in [3.63, 3.8) is 0 Å². The van der Waals surface area contributed by atoms with Crippen LogP contribution in [0.2, 0.25) is 0 Å².